The molecular weight excluding hydrogens is 311 g/mol. The van der Waals surface area contributed by atoms with Crippen molar-refractivity contribution < 1.29 is 23.1 Å². The van der Waals surface area contributed by atoms with Crippen molar-refractivity contribution >= 4 is 5.91 Å². The molecule has 2 unspecified atom stereocenters. The van der Waals surface area contributed by atoms with Gasteiger partial charge in [-0.1, -0.05) is 12.1 Å². The molecule has 1 aliphatic heterocycles. The van der Waals surface area contributed by atoms with Crippen LogP contribution in [0.25, 0.3) is 0 Å². The van der Waals surface area contributed by atoms with Gasteiger partial charge in [-0.3, -0.25) is 9.89 Å². The second kappa shape index (κ2) is 5.69. The summed E-state index contributed by atoms with van der Waals surface area (Å²) in [5.74, 6) is -0.377. The lowest BCUT2D eigenvalue weighted by Crippen LogP contribution is -2.31. The lowest BCUT2D eigenvalue weighted by Gasteiger charge is -2.24. The van der Waals surface area contributed by atoms with Crippen LogP contribution in [0.5, 0.6) is 0 Å². The fraction of sp³-hybridized carbons (Fsp3) is 0.333. The van der Waals surface area contributed by atoms with Crippen LogP contribution in [-0.2, 0) is 6.18 Å². The highest BCUT2D eigenvalue weighted by molar-refractivity contribution is 5.94. The van der Waals surface area contributed by atoms with Crippen LogP contribution in [0.1, 0.15) is 33.9 Å². The van der Waals surface area contributed by atoms with Crippen molar-refractivity contribution in [1.29, 1.82) is 0 Å². The number of hydrogen-bond acceptors (Lipinski definition) is 3. The molecule has 23 heavy (non-hydrogen) atoms. The number of benzene rings is 1. The van der Waals surface area contributed by atoms with Crippen LogP contribution < -0.4 is 0 Å². The predicted molar refractivity (Wildman–Crippen MR) is 74.4 cm³/mol. The molecule has 2 N–H and O–H groups in total. The molecule has 0 bridgehead atoms. The first kappa shape index (κ1) is 15.5. The van der Waals surface area contributed by atoms with Crippen molar-refractivity contribution in [2.75, 3.05) is 6.54 Å². The van der Waals surface area contributed by atoms with Gasteiger partial charge in [-0.05, 0) is 24.1 Å². The first-order valence-electron chi connectivity index (χ1n) is 7.01. The van der Waals surface area contributed by atoms with Crippen molar-refractivity contribution in [3.05, 3.63) is 53.3 Å². The molecule has 1 aromatic carbocycles. The second-order valence-electron chi connectivity index (χ2n) is 5.47. The summed E-state index contributed by atoms with van der Waals surface area (Å²) in [6.45, 7) is 0.0743. The van der Waals surface area contributed by atoms with Crippen molar-refractivity contribution in [3.63, 3.8) is 0 Å². The van der Waals surface area contributed by atoms with E-state index in [0.717, 1.165) is 12.1 Å². The number of carbonyl (C=O) groups excluding carboxylic acids is 1. The molecule has 0 aliphatic carbocycles. The lowest BCUT2D eigenvalue weighted by molar-refractivity contribution is -0.137. The Morgan fingerprint density at radius 3 is 2.83 bits per heavy atom. The Morgan fingerprint density at radius 2 is 2.17 bits per heavy atom. The highest BCUT2D eigenvalue weighted by Gasteiger charge is 2.37. The summed E-state index contributed by atoms with van der Waals surface area (Å²) in [6.07, 6.45) is -2.27. The Morgan fingerprint density at radius 1 is 1.39 bits per heavy atom. The molecule has 1 aromatic heterocycles. The van der Waals surface area contributed by atoms with Gasteiger partial charge in [-0.15, -0.1) is 0 Å². The number of alkyl halides is 3. The Hall–Kier alpha value is -2.35. The third kappa shape index (κ3) is 3.07. The SMILES string of the molecule is O=C(c1cn[nH]c1)N1CC(O)CC1c1cccc(C(F)(F)F)c1. The number of carbonyl (C=O) groups is 1. The first-order valence-corrected chi connectivity index (χ1v) is 7.01. The van der Waals surface area contributed by atoms with Gasteiger partial charge in [0.2, 0.25) is 0 Å². The maximum Gasteiger partial charge on any atom is 0.416 e. The van der Waals surface area contributed by atoms with Crippen molar-refractivity contribution in [1.82, 2.24) is 15.1 Å². The third-order valence-electron chi connectivity index (χ3n) is 3.88. The standard InChI is InChI=1S/C15H14F3N3O2/c16-15(17,18)11-3-1-2-9(4-11)13-5-12(22)8-21(13)14(23)10-6-19-20-7-10/h1-4,6-7,12-13,22H,5,8H2,(H,19,20). The van der Waals surface area contributed by atoms with Crippen molar-refractivity contribution in [2.24, 2.45) is 0 Å². The minimum absolute atomic E-state index is 0.0743. The van der Waals surface area contributed by atoms with E-state index < -0.39 is 23.9 Å². The highest BCUT2D eigenvalue weighted by atomic mass is 19.4. The fourth-order valence-corrected chi connectivity index (χ4v) is 2.81. The van der Waals surface area contributed by atoms with E-state index >= 15 is 0 Å². The van der Waals surface area contributed by atoms with Gasteiger partial charge in [-0.25, -0.2) is 0 Å². The molecule has 1 fully saturated rings. The number of nitrogens with one attached hydrogen (secondary N) is 1. The van der Waals surface area contributed by atoms with E-state index in [4.69, 9.17) is 0 Å². The number of rotatable bonds is 2. The molecule has 1 aliphatic rings. The molecule has 2 heterocycles. The van der Waals surface area contributed by atoms with Crippen LogP contribution in [0.3, 0.4) is 0 Å². The number of hydrogen-bond donors (Lipinski definition) is 2. The predicted octanol–water partition coefficient (Wildman–Crippen LogP) is 2.38. The summed E-state index contributed by atoms with van der Waals surface area (Å²) >= 11 is 0. The Kier molecular flexibility index (Phi) is 3.85. The summed E-state index contributed by atoms with van der Waals surface area (Å²) in [4.78, 5) is 13.8. The lowest BCUT2D eigenvalue weighted by atomic mass is 10.0. The van der Waals surface area contributed by atoms with Crippen LogP contribution in [0.15, 0.2) is 36.7 Å². The fourth-order valence-electron chi connectivity index (χ4n) is 2.81. The molecular formula is C15H14F3N3O2. The number of likely N-dealkylation sites (tertiary alicyclic amines) is 1. The van der Waals surface area contributed by atoms with E-state index in [1.807, 2.05) is 0 Å². The van der Waals surface area contributed by atoms with E-state index in [-0.39, 0.29) is 18.9 Å². The number of aromatic nitrogens is 2. The van der Waals surface area contributed by atoms with E-state index in [1.54, 1.807) is 0 Å². The van der Waals surface area contributed by atoms with E-state index in [2.05, 4.69) is 10.2 Å². The smallest absolute Gasteiger partial charge is 0.391 e. The monoisotopic (exact) mass is 325 g/mol. The van der Waals surface area contributed by atoms with E-state index in [9.17, 15) is 23.1 Å². The second-order valence-corrected chi connectivity index (χ2v) is 5.47. The van der Waals surface area contributed by atoms with Crippen LogP contribution in [0.2, 0.25) is 0 Å². The number of β-amino-alcohol motifs (C(OH)–C–C–N with tert-alkyl or cyclic N) is 1. The van der Waals surface area contributed by atoms with E-state index in [1.165, 1.54) is 29.4 Å². The van der Waals surface area contributed by atoms with Crippen molar-refractivity contribution in [2.45, 2.75) is 24.7 Å². The average molecular weight is 325 g/mol. The molecule has 0 spiro atoms. The molecule has 1 saturated heterocycles. The summed E-state index contributed by atoms with van der Waals surface area (Å²) in [5.41, 5.74) is -0.114. The zero-order valence-corrected chi connectivity index (χ0v) is 11.9. The van der Waals surface area contributed by atoms with Crippen LogP contribution in [0.4, 0.5) is 13.2 Å². The van der Waals surface area contributed by atoms with Gasteiger partial charge < -0.3 is 10.0 Å². The summed E-state index contributed by atoms with van der Waals surface area (Å²) < 4.78 is 38.6. The van der Waals surface area contributed by atoms with Gasteiger partial charge in [0, 0.05) is 12.7 Å². The molecule has 2 atom stereocenters. The minimum atomic E-state index is -4.45. The molecule has 3 rings (SSSR count). The summed E-state index contributed by atoms with van der Waals surface area (Å²) in [5, 5.41) is 16.1. The molecule has 122 valence electrons. The first-order chi connectivity index (χ1) is 10.9. The summed E-state index contributed by atoms with van der Waals surface area (Å²) in [6, 6.07) is 4.25. The topological polar surface area (TPSA) is 69.2 Å². The van der Waals surface area contributed by atoms with Crippen LogP contribution in [0, 0.1) is 0 Å². The Balaban J connectivity index is 1.92. The number of halogens is 3. The van der Waals surface area contributed by atoms with Crippen molar-refractivity contribution in [3.8, 4) is 0 Å². The number of nitrogens with zero attached hydrogens (tertiary/aromatic N) is 2. The quantitative estimate of drug-likeness (QED) is 0.891. The normalized spacial score (nSPS) is 21.7. The van der Waals surface area contributed by atoms with Crippen LogP contribution >= 0.6 is 0 Å². The molecule has 2 aromatic rings. The minimum Gasteiger partial charge on any atom is -0.391 e. The molecule has 8 heteroatoms. The highest BCUT2D eigenvalue weighted by Crippen LogP contribution is 2.36. The van der Waals surface area contributed by atoms with Gasteiger partial charge in [0.1, 0.15) is 0 Å². The van der Waals surface area contributed by atoms with Gasteiger partial charge >= 0.3 is 6.18 Å². The molecule has 1 amide bonds. The largest absolute Gasteiger partial charge is 0.416 e. The van der Waals surface area contributed by atoms with Gasteiger partial charge in [0.15, 0.2) is 0 Å². The maximum absolute atomic E-state index is 12.9. The summed E-state index contributed by atoms with van der Waals surface area (Å²) in [7, 11) is 0. The molecule has 5 nitrogen and oxygen atoms in total. The number of aromatic amines is 1. The number of aliphatic hydroxyl groups is 1. The van der Waals surface area contributed by atoms with E-state index in [0.29, 0.717) is 11.1 Å². The zero-order chi connectivity index (χ0) is 16.6. The number of amides is 1. The van der Waals surface area contributed by atoms with Crippen LogP contribution in [-0.4, -0.2) is 38.8 Å². The van der Waals surface area contributed by atoms with Gasteiger partial charge in [0.25, 0.3) is 5.91 Å². The molecule has 0 radical (unpaired) electrons. The number of H-pyrrole nitrogens is 1. The van der Waals surface area contributed by atoms with Gasteiger partial charge in [0.05, 0.1) is 29.5 Å². The Labute approximate surface area is 129 Å². The Bertz CT molecular complexity index is 700. The zero-order valence-electron chi connectivity index (χ0n) is 11.9. The van der Waals surface area contributed by atoms with Gasteiger partial charge in [-0.2, -0.15) is 18.3 Å². The number of aliphatic hydroxyl groups excluding tert-OH is 1. The molecule has 0 saturated carbocycles. The maximum atomic E-state index is 12.9. The third-order valence-corrected chi connectivity index (χ3v) is 3.88. The average Bonchev–Trinajstić information content (AvgIpc) is 3.15.